The van der Waals surface area contributed by atoms with E-state index < -0.39 is 54.0 Å². The van der Waals surface area contributed by atoms with E-state index in [9.17, 15) is 24.0 Å². The molecule has 184 valence electrons. The van der Waals surface area contributed by atoms with E-state index in [1.807, 2.05) is 12.2 Å². The molecule has 2 fully saturated rings. The van der Waals surface area contributed by atoms with Gasteiger partial charge in [-0.1, -0.05) is 24.3 Å². The van der Waals surface area contributed by atoms with E-state index in [1.54, 1.807) is 31.2 Å². The lowest BCUT2D eigenvalue weighted by Crippen LogP contribution is -2.58. The minimum absolute atomic E-state index is 0.0130. The summed E-state index contributed by atoms with van der Waals surface area (Å²) in [6.45, 7) is 2.08. The quantitative estimate of drug-likeness (QED) is 0.380. The smallest absolute Gasteiger partial charge is 0.310 e. The fourth-order valence-corrected chi connectivity index (χ4v) is 5.41. The molecular weight excluding hydrogens is 454 g/mol. The van der Waals surface area contributed by atoms with Gasteiger partial charge in [0.2, 0.25) is 18.1 Å². The van der Waals surface area contributed by atoms with Crippen LogP contribution in [0.15, 0.2) is 36.4 Å². The second-order valence-electron chi connectivity index (χ2n) is 9.11. The van der Waals surface area contributed by atoms with Crippen molar-refractivity contribution in [3.8, 4) is 0 Å². The molecule has 4 amide bonds. The minimum atomic E-state index is -1.04. The van der Waals surface area contributed by atoms with Gasteiger partial charge in [-0.25, -0.2) is 0 Å². The first-order valence-electron chi connectivity index (χ1n) is 12.0. The number of nitrogens with one attached hydrogen (secondary N) is 1. The van der Waals surface area contributed by atoms with Crippen LogP contribution in [-0.2, 0) is 23.9 Å². The van der Waals surface area contributed by atoms with Gasteiger partial charge in [0.25, 0.3) is 11.8 Å². The zero-order valence-corrected chi connectivity index (χ0v) is 19.3. The lowest BCUT2D eigenvalue weighted by Gasteiger charge is -2.36. The maximum absolute atomic E-state index is 13.8. The second-order valence-corrected chi connectivity index (χ2v) is 9.11. The highest BCUT2D eigenvalue weighted by Gasteiger charge is 2.49. The van der Waals surface area contributed by atoms with Gasteiger partial charge in [-0.15, -0.1) is 0 Å². The minimum Gasteiger partial charge on any atom is -0.433 e. The highest BCUT2D eigenvalue weighted by atomic mass is 16.7. The van der Waals surface area contributed by atoms with Crippen LogP contribution in [0, 0.1) is 0 Å². The van der Waals surface area contributed by atoms with E-state index in [-0.39, 0.29) is 30.0 Å². The van der Waals surface area contributed by atoms with Crippen LogP contribution in [0.1, 0.15) is 59.7 Å². The van der Waals surface area contributed by atoms with E-state index in [4.69, 9.17) is 9.47 Å². The summed E-state index contributed by atoms with van der Waals surface area (Å²) in [5.41, 5.74) is 0.549. The first-order valence-corrected chi connectivity index (χ1v) is 12.0. The van der Waals surface area contributed by atoms with Crippen molar-refractivity contribution in [2.75, 3.05) is 6.61 Å². The number of fused-ring (bicyclic) bond motifs is 2. The maximum Gasteiger partial charge on any atom is 0.310 e. The van der Waals surface area contributed by atoms with Gasteiger partial charge in [-0.3, -0.25) is 28.9 Å². The number of benzene rings is 1. The topological polar surface area (TPSA) is 122 Å². The van der Waals surface area contributed by atoms with Crippen LogP contribution in [-0.4, -0.2) is 76.5 Å². The molecule has 2 saturated heterocycles. The van der Waals surface area contributed by atoms with E-state index in [2.05, 4.69) is 5.32 Å². The molecule has 10 nitrogen and oxygen atoms in total. The first-order chi connectivity index (χ1) is 16.9. The van der Waals surface area contributed by atoms with Gasteiger partial charge in [0.15, 0.2) is 0 Å². The number of imide groups is 1. The molecule has 0 saturated carbocycles. The van der Waals surface area contributed by atoms with Crippen LogP contribution in [0.4, 0.5) is 0 Å². The van der Waals surface area contributed by atoms with E-state index in [0.717, 1.165) is 4.90 Å². The van der Waals surface area contributed by atoms with Crippen molar-refractivity contribution in [3.63, 3.8) is 0 Å². The molecule has 2 unspecified atom stereocenters. The first kappa shape index (κ1) is 23.2. The number of carbonyl (C=O) groups excluding carboxylic acids is 5. The standard InChI is InChI=1S/C25H27N3O7/c1-2-34-25-17(13-20(29)35-25)26-21(30)18-12-11-14-7-3-6-10-19(24(33)27(14)18)28-22(31)15-8-4-5-9-16(15)23(28)32/h3-6,8-9,14,17-19,25H,2,7,10-13H2,1H3,(H,26,30)/b6-3-/t14-,17?,18+,19+,25?/m1/s1. The third kappa shape index (κ3) is 4.01. The number of nitrogens with zero attached hydrogens (tertiary/aromatic N) is 2. The molecule has 0 bridgehead atoms. The average Bonchev–Trinajstić information content (AvgIpc) is 3.48. The van der Waals surface area contributed by atoms with Crippen molar-refractivity contribution in [2.24, 2.45) is 0 Å². The summed E-state index contributed by atoms with van der Waals surface area (Å²) in [6, 6.07) is 3.81. The van der Waals surface area contributed by atoms with Gasteiger partial charge in [0.1, 0.15) is 18.1 Å². The Morgan fingerprint density at radius 1 is 1.06 bits per heavy atom. The van der Waals surface area contributed by atoms with Crippen molar-refractivity contribution in [2.45, 2.75) is 69.5 Å². The number of ether oxygens (including phenoxy) is 2. The molecule has 0 aliphatic carbocycles. The Labute approximate surface area is 202 Å². The summed E-state index contributed by atoms with van der Waals surface area (Å²) >= 11 is 0. The summed E-state index contributed by atoms with van der Waals surface area (Å²) in [7, 11) is 0. The summed E-state index contributed by atoms with van der Waals surface area (Å²) in [5.74, 6) is -2.30. The Balaban J connectivity index is 1.38. The van der Waals surface area contributed by atoms with Gasteiger partial charge in [0, 0.05) is 12.6 Å². The maximum atomic E-state index is 13.8. The lowest BCUT2D eigenvalue weighted by molar-refractivity contribution is -0.164. The van der Waals surface area contributed by atoms with Crippen molar-refractivity contribution >= 4 is 29.6 Å². The SMILES string of the molecule is CCOC1OC(=O)CC1NC(=O)[C@@H]1CC[C@H]2C/C=C\C[C@H](N3C(=O)c4ccccc4C3=O)C(=O)N21. The van der Waals surface area contributed by atoms with Crippen LogP contribution in [0.25, 0.3) is 0 Å². The third-order valence-electron chi connectivity index (χ3n) is 7.04. The summed E-state index contributed by atoms with van der Waals surface area (Å²) in [5, 5.41) is 2.82. The molecule has 1 N–H and O–H groups in total. The van der Waals surface area contributed by atoms with Crippen LogP contribution in [0.2, 0.25) is 0 Å². The van der Waals surface area contributed by atoms with Crippen LogP contribution >= 0.6 is 0 Å². The molecular formula is C25H27N3O7. The van der Waals surface area contributed by atoms with Crippen LogP contribution in [0.3, 0.4) is 0 Å². The summed E-state index contributed by atoms with van der Waals surface area (Å²) in [4.78, 5) is 67.6. The normalized spacial score (nSPS) is 31.1. The largest absolute Gasteiger partial charge is 0.433 e. The predicted octanol–water partition coefficient (Wildman–Crippen LogP) is 1.16. The zero-order valence-electron chi connectivity index (χ0n) is 19.3. The fourth-order valence-electron chi connectivity index (χ4n) is 5.41. The second kappa shape index (κ2) is 9.26. The molecule has 10 heteroatoms. The number of rotatable bonds is 5. The van der Waals surface area contributed by atoms with Gasteiger partial charge >= 0.3 is 5.97 Å². The molecule has 1 aromatic rings. The zero-order chi connectivity index (χ0) is 24.7. The van der Waals surface area contributed by atoms with Gasteiger partial charge in [-0.2, -0.15) is 0 Å². The Hall–Kier alpha value is -3.53. The highest BCUT2D eigenvalue weighted by Crippen LogP contribution is 2.33. The Kier molecular flexibility index (Phi) is 6.14. The lowest BCUT2D eigenvalue weighted by atomic mass is 10.0. The Morgan fingerprint density at radius 3 is 2.43 bits per heavy atom. The van der Waals surface area contributed by atoms with Crippen molar-refractivity contribution < 1.29 is 33.4 Å². The third-order valence-corrected chi connectivity index (χ3v) is 7.04. The fraction of sp³-hybridized carbons (Fsp3) is 0.480. The van der Waals surface area contributed by atoms with E-state index >= 15 is 0 Å². The van der Waals surface area contributed by atoms with E-state index in [0.29, 0.717) is 25.9 Å². The highest BCUT2D eigenvalue weighted by molar-refractivity contribution is 6.23. The number of cyclic esters (lactones) is 1. The van der Waals surface area contributed by atoms with Crippen LogP contribution in [0.5, 0.6) is 0 Å². The molecule has 0 spiro atoms. The van der Waals surface area contributed by atoms with Crippen molar-refractivity contribution in [1.29, 1.82) is 0 Å². The monoisotopic (exact) mass is 481 g/mol. The molecule has 0 aromatic heterocycles. The molecule has 4 aliphatic heterocycles. The average molecular weight is 482 g/mol. The molecule has 35 heavy (non-hydrogen) atoms. The Bertz CT molecular complexity index is 1080. The number of hydrogen-bond donors (Lipinski definition) is 1. The van der Waals surface area contributed by atoms with Gasteiger partial charge < -0.3 is 19.7 Å². The summed E-state index contributed by atoms with van der Waals surface area (Å²) in [6.07, 6.45) is 4.68. The van der Waals surface area contributed by atoms with Crippen molar-refractivity contribution in [3.05, 3.63) is 47.5 Å². The number of esters is 1. The number of amides is 4. The van der Waals surface area contributed by atoms with E-state index in [1.165, 1.54) is 4.90 Å². The molecule has 4 heterocycles. The molecule has 1 aromatic carbocycles. The molecule has 5 atom stereocenters. The van der Waals surface area contributed by atoms with Crippen molar-refractivity contribution in [1.82, 2.24) is 15.1 Å². The van der Waals surface area contributed by atoms with Gasteiger partial charge in [-0.05, 0) is 44.7 Å². The molecule has 0 radical (unpaired) electrons. The van der Waals surface area contributed by atoms with Gasteiger partial charge in [0.05, 0.1) is 17.5 Å². The number of carbonyl (C=O) groups is 5. The van der Waals surface area contributed by atoms with Crippen LogP contribution < -0.4 is 5.32 Å². The predicted molar refractivity (Wildman–Crippen MR) is 121 cm³/mol. The molecule has 4 aliphatic rings. The summed E-state index contributed by atoms with van der Waals surface area (Å²) < 4.78 is 10.6. The Morgan fingerprint density at radius 2 is 1.74 bits per heavy atom. The number of hydrogen-bond acceptors (Lipinski definition) is 7. The molecule has 5 rings (SSSR count).